The number of carbonyl (C=O) groups excluding carboxylic acids is 1. The first-order valence-corrected chi connectivity index (χ1v) is 9.11. The number of rotatable bonds is 1. The molecule has 23 heavy (non-hydrogen) atoms. The number of thiazole rings is 1. The van der Waals surface area contributed by atoms with Gasteiger partial charge < -0.3 is 4.74 Å². The lowest BCUT2D eigenvalue weighted by Gasteiger charge is -2.31. The fraction of sp³-hybridized carbons (Fsp3) is 0.556. The van der Waals surface area contributed by atoms with Crippen LogP contribution >= 0.6 is 11.3 Å². The minimum absolute atomic E-state index is 0.0322. The van der Waals surface area contributed by atoms with E-state index in [1.807, 2.05) is 43.9 Å². The van der Waals surface area contributed by atoms with Gasteiger partial charge in [0.2, 0.25) is 0 Å². The molecule has 2 aromatic rings. The molecule has 1 unspecified atom stereocenters. The van der Waals surface area contributed by atoms with Crippen LogP contribution in [0.2, 0.25) is 0 Å². The molecule has 1 aliphatic heterocycles. The Hall–Kier alpha value is -1.62. The van der Waals surface area contributed by atoms with Crippen LogP contribution in [0, 0.1) is 0 Å². The number of nitrogens with zero attached hydrogens (tertiary/aromatic N) is 2. The van der Waals surface area contributed by atoms with Gasteiger partial charge in [0, 0.05) is 6.54 Å². The van der Waals surface area contributed by atoms with Gasteiger partial charge in [-0.15, -0.1) is 11.3 Å². The first-order chi connectivity index (χ1) is 10.9. The maximum atomic E-state index is 12.6. The maximum Gasteiger partial charge on any atom is 0.410 e. The summed E-state index contributed by atoms with van der Waals surface area (Å²) >= 11 is 1.69. The molecule has 1 aliphatic rings. The van der Waals surface area contributed by atoms with E-state index in [1.54, 1.807) is 11.3 Å². The van der Waals surface area contributed by atoms with Crippen molar-refractivity contribution in [3.63, 3.8) is 0 Å². The molecule has 0 N–H and O–H groups in total. The number of hydrogen-bond acceptors (Lipinski definition) is 4. The van der Waals surface area contributed by atoms with E-state index in [0.717, 1.165) is 42.8 Å². The molecule has 0 aliphatic carbocycles. The second-order valence-electron chi connectivity index (χ2n) is 7.06. The van der Waals surface area contributed by atoms with Crippen molar-refractivity contribution in [2.75, 3.05) is 6.54 Å². The number of para-hydroxylation sites is 1. The van der Waals surface area contributed by atoms with Gasteiger partial charge in [0.25, 0.3) is 0 Å². The van der Waals surface area contributed by atoms with E-state index in [1.165, 1.54) is 4.70 Å². The van der Waals surface area contributed by atoms with Crippen LogP contribution in [0.25, 0.3) is 10.2 Å². The van der Waals surface area contributed by atoms with Gasteiger partial charge in [0.15, 0.2) is 0 Å². The molecule has 124 valence electrons. The van der Waals surface area contributed by atoms with Crippen LogP contribution in [-0.2, 0) is 4.74 Å². The second-order valence-corrected chi connectivity index (χ2v) is 8.12. The number of ether oxygens (including phenoxy) is 1. The number of likely N-dealkylation sites (tertiary alicyclic amines) is 1. The summed E-state index contributed by atoms with van der Waals surface area (Å²) in [6.45, 7) is 6.48. The summed E-state index contributed by atoms with van der Waals surface area (Å²) in [7, 11) is 0. The molecule has 0 radical (unpaired) electrons. The second kappa shape index (κ2) is 6.48. The maximum absolute atomic E-state index is 12.6. The summed E-state index contributed by atoms with van der Waals surface area (Å²) in [6.07, 6.45) is 4.05. The normalized spacial score (nSPS) is 19.6. The van der Waals surface area contributed by atoms with Crippen LogP contribution in [0.4, 0.5) is 4.79 Å². The molecule has 1 aromatic heterocycles. The topological polar surface area (TPSA) is 42.4 Å². The Morgan fingerprint density at radius 3 is 2.78 bits per heavy atom. The van der Waals surface area contributed by atoms with Crippen molar-refractivity contribution in [2.45, 2.75) is 58.1 Å². The van der Waals surface area contributed by atoms with Crippen LogP contribution in [-0.4, -0.2) is 28.1 Å². The van der Waals surface area contributed by atoms with Crippen molar-refractivity contribution in [1.82, 2.24) is 9.88 Å². The van der Waals surface area contributed by atoms with Gasteiger partial charge in [-0.1, -0.05) is 25.0 Å². The largest absolute Gasteiger partial charge is 0.444 e. The van der Waals surface area contributed by atoms with E-state index in [-0.39, 0.29) is 12.1 Å². The predicted molar refractivity (Wildman–Crippen MR) is 93.8 cm³/mol. The lowest BCUT2D eigenvalue weighted by molar-refractivity contribution is 0.0163. The third-order valence-electron chi connectivity index (χ3n) is 3.98. The highest BCUT2D eigenvalue weighted by atomic mass is 32.1. The van der Waals surface area contributed by atoms with Crippen molar-refractivity contribution >= 4 is 27.6 Å². The Morgan fingerprint density at radius 1 is 1.26 bits per heavy atom. The first-order valence-electron chi connectivity index (χ1n) is 8.29. The number of benzene rings is 1. The summed E-state index contributed by atoms with van der Waals surface area (Å²) in [6, 6.07) is 8.19. The Labute approximate surface area is 141 Å². The average molecular weight is 332 g/mol. The summed E-state index contributed by atoms with van der Waals surface area (Å²) < 4.78 is 6.80. The molecule has 1 aromatic carbocycles. The van der Waals surface area contributed by atoms with Crippen molar-refractivity contribution in [3.8, 4) is 0 Å². The van der Waals surface area contributed by atoms with E-state index in [9.17, 15) is 4.79 Å². The number of aromatic nitrogens is 1. The van der Waals surface area contributed by atoms with Crippen LogP contribution in [0.3, 0.4) is 0 Å². The van der Waals surface area contributed by atoms with Gasteiger partial charge in [-0.2, -0.15) is 0 Å². The Balaban J connectivity index is 1.90. The van der Waals surface area contributed by atoms with E-state index < -0.39 is 5.60 Å². The molecule has 0 saturated carbocycles. The SMILES string of the molecule is CC(C)(C)OC(=O)N1CCCCCC1c1nc2ccccc2s1. The number of carbonyl (C=O) groups is 1. The zero-order valence-electron chi connectivity index (χ0n) is 14.0. The van der Waals surface area contributed by atoms with Gasteiger partial charge in [-0.3, -0.25) is 4.90 Å². The van der Waals surface area contributed by atoms with Gasteiger partial charge in [-0.25, -0.2) is 9.78 Å². The van der Waals surface area contributed by atoms with Gasteiger partial charge in [-0.05, 0) is 45.7 Å². The van der Waals surface area contributed by atoms with Gasteiger partial charge >= 0.3 is 6.09 Å². The number of amides is 1. The number of fused-ring (bicyclic) bond motifs is 1. The lowest BCUT2D eigenvalue weighted by Crippen LogP contribution is -2.39. The Kier molecular flexibility index (Phi) is 4.57. The van der Waals surface area contributed by atoms with E-state index in [2.05, 4.69) is 6.07 Å². The monoisotopic (exact) mass is 332 g/mol. The molecule has 0 bridgehead atoms. The molecule has 4 nitrogen and oxygen atoms in total. The highest BCUT2D eigenvalue weighted by molar-refractivity contribution is 7.18. The molecule has 1 saturated heterocycles. The average Bonchev–Trinajstić information content (AvgIpc) is 2.74. The highest BCUT2D eigenvalue weighted by Crippen LogP contribution is 2.35. The molecular formula is C18H24N2O2S. The van der Waals surface area contributed by atoms with Crippen molar-refractivity contribution in [1.29, 1.82) is 0 Å². The Morgan fingerprint density at radius 2 is 2.04 bits per heavy atom. The van der Waals surface area contributed by atoms with Crippen LogP contribution in [0.1, 0.15) is 57.5 Å². The third kappa shape index (κ3) is 3.83. The molecule has 3 rings (SSSR count). The summed E-state index contributed by atoms with van der Waals surface area (Å²) in [5.41, 5.74) is 0.544. The van der Waals surface area contributed by atoms with Crippen LogP contribution < -0.4 is 0 Å². The smallest absolute Gasteiger partial charge is 0.410 e. The molecule has 0 spiro atoms. The standard InChI is InChI=1S/C18H24N2O2S/c1-18(2,3)22-17(21)20-12-8-4-5-10-14(20)16-19-13-9-6-7-11-15(13)23-16/h6-7,9,11,14H,4-5,8,10,12H2,1-3H3. The first kappa shape index (κ1) is 16.2. The van der Waals surface area contributed by atoms with E-state index in [0.29, 0.717) is 0 Å². The lowest BCUT2D eigenvalue weighted by atomic mass is 10.1. The van der Waals surface area contributed by atoms with Crippen molar-refractivity contribution in [3.05, 3.63) is 29.3 Å². The quantitative estimate of drug-likeness (QED) is 0.725. The summed E-state index contributed by atoms with van der Waals surface area (Å²) in [5, 5.41) is 1.03. The zero-order valence-corrected chi connectivity index (χ0v) is 14.9. The summed E-state index contributed by atoms with van der Waals surface area (Å²) in [5.74, 6) is 0. The highest BCUT2D eigenvalue weighted by Gasteiger charge is 2.32. The predicted octanol–water partition coefficient (Wildman–Crippen LogP) is 5.15. The molecule has 2 heterocycles. The van der Waals surface area contributed by atoms with E-state index in [4.69, 9.17) is 9.72 Å². The number of hydrogen-bond donors (Lipinski definition) is 0. The minimum Gasteiger partial charge on any atom is -0.444 e. The van der Waals surface area contributed by atoms with E-state index >= 15 is 0 Å². The minimum atomic E-state index is -0.471. The molecule has 1 amide bonds. The zero-order chi connectivity index (χ0) is 16.4. The van der Waals surface area contributed by atoms with Crippen molar-refractivity contribution in [2.24, 2.45) is 0 Å². The van der Waals surface area contributed by atoms with Crippen LogP contribution in [0.5, 0.6) is 0 Å². The van der Waals surface area contributed by atoms with Crippen molar-refractivity contribution < 1.29 is 9.53 Å². The van der Waals surface area contributed by atoms with Gasteiger partial charge in [0.05, 0.1) is 16.3 Å². The fourth-order valence-electron chi connectivity index (χ4n) is 2.94. The molecule has 1 atom stereocenters. The molecule has 1 fully saturated rings. The molecule has 5 heteroatoms. The fourth-order valence-corrected chi connectivity index (χ4v) is 4.05. The molecular weight excluding hydrogens is 308 g/mol. The third-order valence-corrected chi connectivity index (χ3v) is 5.11. The van der Waals surface area contributed by atoms with Gasteiger partial charge in [0.1, 0.15) is 10.6 Å². The Bertz CT molecular complexity index is 657. The van der Waals surface area contributed by atoms with Crippen LogP contribution in [0.15, 0.2) is 24.3 Å². The summed E-state index contributed by atoms with van der Waals surface area (Å²) in [4.78, 5) is 19.3.